The zero-order valence-electron chi connectivity index (χ0n) is 11.7. The number of aromatic nitrogens is 1. The lowest BCUT2D eigenvalue weighted by molar-refractivity contribution is 0.248. The molecule has 1 heterocycles. The zero-order valence-corrected chi connectivity index (χ0v) is 11.7. The molecule has 19 heavy (non-hydrogen) atoms. The van der Waals surface area contributed by atoms with E-state index in [2.05, 4.69) is 37.3 Å². The Morgan fingerprint density at radius 2 is 1.89 bits per heavy atom. The van der Waals surface area contributed by atoms with E-state index >= 15 is 0 Å². The SMILES string of the molecule is CCNCc1cc(COc2cc(C)cc(C)c2)on1. The Balaban J connectivity index is 1.92. The number of nitrogens with one attached hydrogen (secondary N) is 1. The van der Waals surface area contributed by atoms with Gasteiger partial charge in [-0.1, -0.05) is 18.1 Å². The highest BCUT2D eigenvalue weighted by Crippen LogP contribution is 2.17. The van der Waals surface area contributed by atoms with E-state index in [0.29, 0.717) is 6.61 Å². The van der Waals surface area contributed by atoms with Crippen molar-refractivity contribution in [1.29, 1.82) is 0 Å². The van der Waals surface area contributed by atoms with Crippen molar-refractivity contribution in [3.05, 3.63) is 46.8 Å². The van der Waals surface area contributed by atoms with E-state index in [0.717, 1.165) is 30.3 Å². The van der Waals surface area contributed by atoms with E-state index in [4.69, 9.17) is 9.26 Å². The maximum absolute atomic E-state index is 5.72. The van der Waals surface area contributed by atoms with Crippen molar-refractivity contribution >= 4 is 0 Å². The Labute approximate surface area is 113 Å². The standard InChI is InChI=1S/C15H20N2O2/c1-4-16-9-13-8-15(19-17-13)10-18-14-6-11(2)5-12(3)7-14/h5-8,16H,4,9-10H2,1-3H3. The fraction of sp³-hybridized carbons (Fsp3) is 0.400. The molecule has 0 atom stereocenters. The molecule has 4 nitrogen and oxygen atoms in total. The van der Waals surface area contributed by atoms with Crippen LogP contribution in [0.5, 0.6) is 5.75 Å². The van der Waals surface area contributed by atoms with Gasteiger partial charge in [0.1, 0.15) is 12.4 Å². The normalized spacial score (nSPS) is 10.7. The van der Waals surface area contributed by atoms with Crippen molar-refractivity contribution in [1.82, 2.24) is 10.5 Å². The van der Waals surface area contributed by atoms with E-state index in [1.54, 1.807) is 0 Å². The molecule has 1 N–H and O–H groups in total. The fourth-order valence-corrected chi connectivity index (χ4v) is 1.93. The minimum Gasteiger partial charge on any atom is -0.486 e. The second-order valence-electron chi connectivity index (χ2n) is 4.68. The summed E-state index contributed by atoms with van der Waals surface area (Å²) in [4.78, 5) is 0. The fourth-order valence-electron chi connectivity index (χ4n) is 1.93. The van der Waals surface area contributed by atoms with Crippen molar-refractivity contribution < 1.29 is 9.26 Å². The summed E-state index contributed by atoms with van der Waals surface area (Å²) in [6.07, 6.45) is 0. The Morgan fingerprint density at radius 3 is 2.58 bits per heavy atom. The van der Waals surface area contributed by atoms with E-state index in [1.807, 2.05) is 18.2 Å². The Bertz CT molecular complexity index is 514. The molecule has 4 heteroatoms. The Kier molecular flexibility index (Phi) is 4.58. The van der Waals surface area contributed by atoms with Gasteiger partial charge in [-0.15, -0.1) is 0 Å². The minimum absolute atomic E-state index is 0.405. The molecule has 2 rings (SSSR count). The van der Waals surface area contributed by atoms with Crippen molar-refractivity contribution in [3.8, 4) is 5.75 Å². The van der Waals surface area contributed by atoms with Crippen molar-refractivity contribution in [2.45, 2.75) is 33.9 Å². The number of hydrogen-bond donors (Lipinski definition) is 1. The van der Waals surface area contributed by atoms with Crippen LogP contribution in [0.2, 0.25) is 0 Å². The van der Waals surface area contributed by atoms with E-state index in [9.17, 15) is 0 Å². The summed E-state index contributed by atoms with van der Waals surface area (Å²) in [7, 11) is 0. The van der Waals surface area contributed by atoms with Gasteiger partial charge in [-0.25, -0.2) is 0 Å². The second kappa shape index (κ2) is 6.38. The topological polar surface area (TPSA) is 47.3 Å². The molecule has 1 aromatic heterocycles. The van der Waals surface area contributed by atoms with E-state index < -0.39 is 0 Å². The molecule has 1 aromatic carbocycles. The van der Waals surface area contributed by atoms with Gasteiger partial charge >= 0.3 is 0 Å². The lowest BCUT2D eigenvalue weighted by Crippen LogP contribution is -2.11. The van der Waals surface area contributed by atoms with Crippen LogP contribution in [-0.4, -0.2) is 11.7 Å². The number of ether oxygens (including phenoxy) is 1. The molecule has 0 radical (unpaired) electrons. The highest BCUT2D eigenvalue weighted by atomic mass is 16.5. The maximum Gasteiger partial charge on any atom is 0.174 e. The second-order valence-corrected chi connectivity index (χ2v) is 4.68. The summed E-state index contributed by atoms with van der Waals surface area (Å²) >= 11 is 0. The number of hydrogen-bond acceptors (Lipinski definition) is 4. The van der Waals surface area contributed by atoms with Gasteiger partial charge < -0.3 is 14.6 Å². The summed E-state index contributed by atoms with van der Waals surface area (Å²) < 4.78 is 10.9. The minimum atomic E-state index is 0.405. The number of benzene rings is 1. The zero-order chi connectivity index (χ0) is 13.7. The van der Waals surface area contributed by atoms with Gasteiger partial charge in [0, 0.05) is 12.6 Å². The first-order chi connectivity index (χ1) is 9.17. The van der Waals surface area contributed by atoms with Crippen LogP contribution in [0.1, 0.15) is 29.5 Å². The largest absolute Gasteiger partial charge is 0.486 e. The summed E-state index contributed by atoms with van der Waals surface area (Å²) in [5, 5.41) is 7.19. The molecule has 102 valence electrons. The molecular weight excluding hydrogens is 240 g/mol. The van der Waals surface area contributed by atoms with Crippen LogP contribution < -0.4 is 10.1 Å². The van der Waals surface area contributed by atoms with Crippen LogP contribution in [0, 0.1) is 13.8 Å². The van der Waals surface area contributed by atoms with Crippen molar-refractivity contribution in [2.75, 3.05) is 6.54 Å². The maximum atomic E-state index is 5.72. The summed E-state index contributed by atoms with van der Waals surface area (Å²) in [5.41, 5.74) is 3.29. The van der Waals surface area contributed by atoms with Crippen LogP contribution in [-0.2, 0) is 13.2 Å². The lowest BCUT2D eigenvalue weighted by Gasteiger charge is -2.06. The lowest BCUT2D eigenvalue weighted by atomic mass is 10.1. The first-order valence-electron chi connectivity index (χ1n) is 6.53. The van der Waals surface area contributed by atoms with Crippen LogP contribution in [0.3, 0.4) is 0 Å². The predicted octanol–water partition coefficient (Wildman–Crippen LogP) is 2.98. The monoisotopic (exact) mass is 260 g/mol. The third-order valence-electron chi connectivity index (χ3n) is 2.74. The molecule has 0 aliphatic heterocycles. The van der Waals surface area contributed by atoms with Crippen LogP contribution in [0.25, 0.3) is 0 Å². The van der Waals surface area contributed by atoms with Crippen LogP contribution in [0.15, 0.2) is 28.8 Å². The van der Waals surface area contributed by atoms with Crippen LogP contribution in [0.4, 0.5) is 0 Å². The first kappa shape index (κ1) is 13.6. The first-order valence-corrected chi connectivity index (χ1v) is 6.53. The summed E-state index contributed by atoms with van der Waals surface area (Å²) in [5.74, 6) is 1.61. The van der Waals surface area contributed by atoms with Gasteiger partial charge in [-0.05, 0) is 43.7 Å². The van der Waals surface area contributed by atoms with Gasteiger partial charge in [0.15, 0.2) is 5.76 Å². The van der Waals surface area contributed by atoms with E-state index in [-0.39, 0.29) is 0 Å². The van der Waals surface area contributed by atoms with Gasteiger partial charge in [-0.3, -0.25) is 0 Å². The molecule has 0 saturated heterocycles. The molecule has 0 unspecified atom stereocenters. The average molecular weight is 260 g/mol. The molecule has 0 fully saturated rings. The smallest absolute Gasteiger partial charge is 0.174 e. The van der Waals surface area contributed by atoms with Gasteiger partial charge in [0.05, 0.1) is 5.69 Å². The highest BCUT2D eigenvalue weighted by molar-refractivity contribution is 5.33. The third-order valence-corrected chi connectivity index (χ3v) is 2.74. The molecule has 0 saturated carbocycles. The van der Waals surface area contributed by atoms with E-state index in [1.165, 1.54) is 11.1 Å². The van der Waals surface area contributed by atoms with Crippen molar-refractivity contribution in [3.63, 3.8) is 0 Å². The Hall–Kier alpha value is -1.81. The Morgan fingerprint density at radius 1 is 1.16 bits per heavy atom. The number of nitrogens with zero attached hydrogens (tertiary/aromatic N) is 1. The quantitative estimate of drug-likeness (QED) is 0.867. The molecule has 0 spiro atoms. The molecule has 0 bridgehead atoms. The summed E-state index contributed by atoms with van der Waals surface area (Å²) in [6, 6.07) is 8.08. The molecule has 0 aliphatic carbocycles. The highest BCUT2D eigenvalue weighted by Gasteiger charge is 2.05. The third kappa shape index (κ3) is 4.10. The predicted molar refractivity (Wildman–Crippen MR) is 74.1 cm³/mol. The van der Waals surface area contributed by atoms with Crippen molar-refractivity contribution in [2.24, 2.45) is 0 Å². The molecule has 2 aromatic rings. The molecule has 0 amide bonds. The van der Waals surface area contributed by atoms with Gasteiger partial charge in [0.25, 0.3) is 0 Å². The van der Waals surface area contributed by atoms with Crippen LogP contribution >= 0.6 is 0 Å². The summed E-state index contributed by atoms with van der Waals surface area (Å²) in [6.45, 7) is 8.22. The van der Waals surface area contributed by atoms with Gasteiger partial charge in [-0.2, -0.15) is 0 Å². The molecule has 0 aliphatic rings. The number of aryl methyl sites for hydroxylation is 2. The number of rotatable bonds is 6. The molecular formula is C15H20N2O2. The van der Waals surface area contributed by atoms with Gasteiger partial charge in [0.2, 0.25) is 0 Å². The average Bonchev–Trinajstić information content (AvgIpc) is 2.81.